The number of aromatic nitrogens is 1. The molecule has 0 unspecified atom stereocenters. The molecule has 0 amide bonds. The Bertz CT molecular complexity index is 1140. The second kappa shape index (κ2) is 12.3. The molecule has 31 heavy (non-hydrogen) atoms. The maximum Gasteiger partial charge on any atom is -0.0454 e. The van der Waals surface area contributed by atoms with Crippen LogP contribution >= 0.6 is 24.8 Å². The Kier molecular flexibility index (Phi) is 10.4. The van der Waals surface area contributed by atoms with Crippen LogP contribution < -0.4 is 24.8 Å². The van der Waals surface area contributed by atoms with Crippen molar-refractivity contribution in [2.24, 2.45) is 0 Å². The summed E-state index contributed by atoms with van der Waals surface area (Å²) in [7, 11) is 4.17. The molecule has 154 valence electrons. The van der Waals surface area contributed by atoms with Gasteiger partial charge in [-0.15, -0.1) is 41.0 Å². The van der Waals surface area contributed by atoms with Crippen LogP contribution in [-0.4, -0.2) is 4.98 Å². The largest absolute Gasteiger partial charge is 0.147 e. The van der Waals surface area contributed by atoms with E-state index in [0.717, 1.165) is 40.0 Å². The van der Waals surface area contributed by atoms with Gasteiger partial charge in [-0.2, -0.15) is 0 Å². The summed E-state index contributed by atoms with van der Waals surface area (Å²) in [5, 5.41) is 0. The molecule has 0 spiro atoms. The summed E-state index contributed by atoms with van der Waals surface area (Å²) in [6, 6.07) is 27.7. The van der Waals surface area contributed by atoms with Crippen molar-refractivity contribution in [1.29, 1.82) is 0 Å². The fourth-order valence-electron chi connectivity index (χ4n) is 3.92. The first-order valence-electron chi connectivity index (χ1n) is 9.21. The van der Waals surface area contributed by atoms with E-state index in [-0.39, 0.29) is 24.8 Å². The summed E-state index contributed by atoms with van der Waals surface area (Å²) in [4.78, 5) is 4.11. The molecule has 1 nitrogen and oxygen atoms in total. The Morgan fingerprint density at radius 1 is 0.806 bits per heavy atom. The van der Waals surface area contributed by atoms with Crippen molar-refractivity contribution in [3.05, 3.63) is 112 Å². The van der Waals surface area contributed by atoms with Crippen LogP contribution in [-0.2, 0) is 35.5 Å². The third kappa shape index (κ3) is 5.67. The van der Waals surface area contributed by atoms with Gasteiger partial charge in [-0.05, 0) is 31.2 Å². The summed E-state index contributed by atoms with van der Waals surface area (Å²) < 4.78 is 1.14. The minimum absolute atomic E-state index is 0. The fourth-order valence-corrected chi connectivity index (χ4v) is 4.32. The molecule has 1 aromatic heterocycles. The summed E-state index contributed by atoms with van der Waals surface area (Å²) in [6.45, 7) is 0. The minimum Gasteiger partial charge on any atom is -0.147 e. The van der Waals surface area contributed by atoms with E-state index in [9.17, 15) is 0 Å². The van der Waals surface area contributed by atoms with Crippen molar-refractivity contribution in [2.45, 2.75) is 12.8 Å². The van der Waals surface area contributed by atoms with E-state index in [4.69, 9.17) is 0 Å². The average Bonchev–Trinajstić information content (AvgIpc) is 3.33. The zero-order valence-electron chi connectivity index (χ0n) is 16.3. The van der Waals surface area contributed by atoms with Crippen molar-refractivity contribution in [3.8, 4) is 22.3 Å². The van der Waals surface area contributed by atoms with Crippen LogP contribution in [0, 0.1) is 12.1 Å². The van der Waals surface area contributed by atoms with E-state index in [2.05, 4.69) is 96.5 Å². The van der Waals surface area contributed by atoms with Gasteiger partial charge in [-0.3, -0.25) is 0 Å². The van der Waals surface area contributed by atoms with Gasteiger partial charge in [0.05, 0.1) is 0 Å². The Labute approximate surface area is 222 Å². The number of nitrogens with zero attached hydrogens (tertiary/aromatic N) is 1. The average molecular weight is 605 g/mol. The molecule has 4 aromatic rings. The Morgan fingerprint density at radius 2 is 1.58 bits per heavy atom. The van der Waals surface area contributed by atoms with Gasteiger partial charge >= 0.3 is 31.5 Å². The van der Waals surface area contributed by atoms with Gasteiger partial charge in [0, 0.05) is 4.47 Å². The van der Waals surface area contributed by atoms with Crippen LogP contribution in [0.1, 0.15) is 22.3 Å². The maximum absolute atomic E-state index is 4.17. The Hall–Kier alpha value is -1.03. The molecule has 0 saturated carbocycles. The second-order valence-electron chi connectivity index (χ2n) is 6.83. The van der Waals surface area contributed by atoms with Gasteiger partial charge in [-0.1, -0.05) is 74.7 Å². The number of rotatable bonds is 0. The van der Waals surface area contributed by atoms with E-state index < -0.39 is 0 Å². The van der Waals surface area contributed by atoms with Gasteiger partial charge in [0.2, 0.25) is 0 Å². The molecule has 0 bridgehead atoms. The standard InChI is InChI=1S/C13H9.C12H7BrN.2ClH.S.Zr/c1-3-7-12-10(5-1)9-11-6-2-4-8-13(11)12;13-10-1-2-11-9(6-10)5-8-3-4-14-7-12(8)11;;;;/h1-7H,9H2;1-2,4,6-7H,5H2;2*1H;;/q2*-1;;;;+2/p-2. The second-order valence-corrected chi connectivity index (χ2v) is 7.74. The van der Waals surface area contributed by atoms with E-state index in [0.29, 0.717) is 0 Å². The van der Waals surface area contributed by atoms with Gasteiger partial charge < -0.3 is 29.8 Å². The molecule has 0 saturated heterocycles. The van der Waals surface area contributed by atoms with Gasteiger partial charge in [-0.25, -0.2) is 11.6 Å². The van der Waals surface area contributed by atoms with Crippen molar-refractivity contribution >= 4 is 24.8 Å². The third-order valence-corrected chi connectivity index (χ3v) is 5.67. The van der Waals surface area contributed by atoms with Crippen LogP contribution in [0.15, 0.2) is 77.5 Å². The topological polar surface area (TPSA) is 12.9 Å². The Morgan fingerprint density at radius 3 is 2.42 bits per heavy atom. The van der Waals surface area contributed by atoms with Gasteiger partial charge in [0.1, 0.15) is 0 Å². The zero-order valence-corrected chi connectivity index (χ0v) is 22.7. The summed E-state index contributed by atoms with van der Waals surface area (Å²) in [5.41, 5.74) is 10.6. The van der Waals surface area contributed by atoms with Gasteiger partial charge in [0.15, 0.2) is 0 Å². The van der Waals surface area contributed by atoms with Crippen LogP contribution in [0.25, 0.3) is 22.3 Å². The van der Waals surface area contributed by atoms with Crippen molar-refractivity contribution in [1.82, 2.24) is 4.98 Å². The van der Waals surface area contributed by atoms with Crippen molar-refractivity contribution in [3.63, 3.8) is 0 Å². The monoisotopic (exact) mass is 601 g/mol. The van der Waals surface area contributed by atoms with E-state index in [1.54, 1.807) is 6.20 Å². The number of benzene rings is 3. The SMILES string of the molecule is Brc1ccc2c(c1)Cc1[c-]cncc1-2.[Cl-].[Cl-].[S]=[Zr+2].[c-]1cccc2c1-c1ccccc1C2. The molecule has 0 N–H and O–H groups in total. The molecule has 2 aliphatic rings. The van der Waals surface area contributed by atoms with Gasteiger partial charge in [0.25, 0.3) is 0 Å². The van der Waals surface area contributed by atoms with E-state index >= 15 is 0 Å². The number of halogens is 3. The molecule has 2 aliphatic carbocycles. The summed E-state index contributed by atoms with van der Waals surface area (Å²) in [6.07, 6.45) is 5.71. The summed E-state index contributed by atoms with van der Waals surface area (Å²) in [5.74, 6) is 0. The van der Waals surface area contributed by atoms with Crippen LogP contribution in [0.5, 0.6) is 0 Å². The van der Waals surface area contributed by atoms with E-state index in [1.165, 1.54) is 44.5 Å². The molecule has 6 rings (SSSR count). The number of hydrogen-bond acceptors (Lipinski definition) is 2. The molecule has 0 radical (unpaired) electrons. The van der Waals surface area contributed by atoms with Crippen LogP contribution in [0.4, 0.5) is 0 Å². The maximum atomic E-state index is 4.17. The predicted octanol–water partition coefficient (Wildman–Crippen LogP) is 0.927. The number of pyridine rings is 1. The predicted molar refractivity (Wildman–Crippen MR) is 120 cm³/mol. The quantitative estimate of drug-likeness (QED) is 0.240. The van der Waals surface area contributed by atoms with Crippen LogP contribution in [0.2, 0.25) is 0 Å². The zero-order chi connectivity index (χ0) is 20.2. The number of hydrogen-bond donors (Lipinski definition) is 0. The van der Waals surface area contributed by atoms with E-state index in [1.807, 2.05) is 12.3 Å². The molecule has 0 fully saturated rings. The first kappa shape index (κ1) is 26.2. The number of fused-ring (bicyclic) bond motifs is 6. The third-order valence-electron chi connectivity index (χ3n) is 5.18. The molecule has 1 heterocycles. The smallest absolute Gasteiger partial charge is 0.0454 e. The van der Waals surface area contributed by atoms with Crippen molar-refractivity contribution < 1.29 is 47.5 Å². The van der Waals surface area contributed by atoms with Crippen molar-refractivity contribution in [2.75, 3.05) is 0 Å². The Balaban J connectivity index is 0.000000193. The minimum atomic E-state index is 0. The summed E-state index contributed by atoms with van der Waals surface area (Å²) >= 11 is 4.62. The molecular formula is C25H16BrCl2NSZr-2. The normalized spacial score (nSPS) is 10.9. The molecule has 0 atom stereocenters. The molecular weight excluding hydrogens is 588 g/mol. The van der Waals surface area contributed by atoms with Crippen LogP contribution in [0.3, 0.4) is 0 Å². The first-order valence-corrected chi connectivity index (χ1v) is 13.4. The molecule has 6 heteroatoms. The molecule has 0 aliphatic heterocycles. The fraction of sp³-hybridized carbons (Fsp3) is 0.0800. The molecule has 3 aromatic carbocycles. The first-order chi connectivity index (χ1) is 14.3.